The van der Waals surface area contributed by atoms with Crippen molar-refractivity contribution in [2.75, 3.05) is 12.3 Å². The molecule has 4 aromatic rings. The second-order valence-corrected chi connectivity index (χ2v) is 8.54. The normalized spacial score (nSPS) is 26.6. The van der Waals surface area contributed by atoms with E-state index in [4.69, 9.17) is 24.7 Å². The summed E-state index contributed by atoms with van der Waals surface area (Å²) in [5.41, 5.74) is 6.71. The maximum absolute atomic E-state index is 6.40. The average Bonchev–Trinajstić information content (AvgIpc) is 3.44. The van der Waals surface area contributed by atoms with Gasteiger partial charge in [-0.05, 0) is 49.6 Å². The Bertz CT molecular complexity index is 1310. The van der Waals surface area contributed by atoms with Gasteiger partial charge in [-0.2, -0.15) is 0 Å². The van der Waals surface area contributed by atoms with Crippen LogP contribution in [0, 0.1) is 0 Å². The molecule has 0 unspecified atom stereocenters. The van der Waals surface area contributed by atoms with Crippen LogP contribution in [0.25, 0.3) is 21.8 Å². The lowest BCUT2D eigenvalue weighted by Gasteiger charge is -2.25. The third-order valence-electron chi connectivity index (χ3n) is 5.97. The zero-order chi connectivity index (χ0) is 21.9. The van der Waals surface area contributed by atoms with Gasteiger partial charge in [0.1, 0.15) is 48.5 Å². The van der Waals surface area contributed by atoms with Crippen LogP contribution in [0.2, 0.25) is 0 Å². The van der Waals surface area contributed by atoms with Gasteiger partial charge in [-0.3, -0.25) is 4.98 Å². The van der Waals surface area contributed by atoms with E-state index in [1.165, 1.54) is 6.33 Å². The maximum Gasteiger partial charge on any atom is 0.164 e. The molecule has 1 aromatic carbocycles. The van der Waals surface area contributed by atoms with Crippen LogP contribution in [0.3, 0.4) is 0 Å². The summed E-state index contributed by atoms with van der Waals surface area (Å²) in [4.78, 5) is 12.6. The highest BCUT2D eigenvalue weighted by molar-refractivity contribution is 5.86. The van der Waals surface area contributed by atoms with Gasteiger partial charge in [0.05, 0.1) is 5.39 Å². The van der Waals surface area contributed by atoms with Gasteiger partial charge in [0.25, 0.3) is 0 Å². The molecule has 0 radical (unpaired) electrons. The van der Waals surface area contributed by atoms with Crippen molar-refractivity contribution < 1.29 is 18.9 Å². The van der Waals surface area contributed by atoms with Gasteiger partial charge in [-0.1, -0.05) is 0 Å². The predicted octanol–water partition coefficient (Wildman–Crippen LogP) is 3.06. The number of nitrogen functional groups attached to an aromatic ring is 1. The molecule has 164 valence electrons. The van der Waals surface area contributed by atoms with E-state index in [9.17, 15) is 0 Å². The van der Waals surface area contributed by atoms with E-state index >= 15 is 0 Å². The molecule has 0 bridgehead atoms. The first-order valence-electron chi connectivity index (χ1n) is 10.5. The van der Waals surface area contributed by atoms with Gasteiger partial charge in [0.15, 0.2) is 12.0 Å². The van der Waals surface area contributed by atoms with Crippen LogP contribution in [0.15, 0.2) is 55.2 Å². The Kier molecular flexibility index (Phi) is 4.32. The fraction of sp³-hybridized carbons (Fsp3) is 0.348. The molecule has 32 heavy (non-hydrogen) atoms. The van der Waals surface area contributed by atoms with Crippen LogP contribution >= 0.6 is 0 Å². The predicted molar refractivity (Wildman–Crippen MR) is 117 cm³/mol. The number of rotatable bonds is 4. The first-order chi connectivity index (χ1) is 15.5. The van der Waals surface area contributed by atoms with Crippen LogP contribution in [0.5, 0.6) is 5.75 Å². The monoisotopic (exact) mass is 433 g/mol. The zero-order valence-electron chi connectivity index (χ0n) is 17.7. The molecule has 0 amide bonds. The molecular formula is C23H23N5O4. The number of fused-ring (bicyclic) bond motifs is 3. The molecule has 0 aliphatic carbocycles. The highest BCUT2D eigenvalue weighted by Gasteiger charge is 2.56. The zero-order valence-corrected chi connectivity index (χ0v) is 17.7. The highest BCUT2D eigenvalue weighted by Crippen LogP contribution is 2.44. The third-order valence-corrected chi connectivity index (χ3v) is 5.97. The molecule has 2 aliphatic heterocycles. The van der Waals surface area contributed by atoms with Gasteiger partial charge in [-0.15, -0.1) is 0 Å². The summed E-state index contributed by atoms with van der Waals surface area (Å²) in [6.07, 6.45) is 5.60. The first-order valence-corrected chi connectivity index (χ1v) is 10.5. The molecule has 0 saturated carbocycles. The van der Waals surface area contributed by atoms with Crippen molar-refractivity contribution in [2.24, 2.45) is 0 Å². The molecule has 9 heteroatoms. The van der Waals surface area contributed by atoms with E-state index in [2.05, 4.69) is 15.0 Å². The number of aromatic nitrogens is 4. The summed E-state index contributed by atoms with van der Waals surface area (Å²) in [6, 6.07) is 9.77. The lowest BCUT2D eigenvalue weighted by molar-refractivity contribution is -0.198. The summed E-state index contributed by atoms with van der Waals surface area (Å²) >= 11 is 0. The molecule has 5 heterocycles. The van der Waals surface area contributed by atoms with Crippen LogP contribution in [-0.2, 0) is 14.2 Å². The lowest BCUT2D eigenvalue weighted by atomic mass is 10.1. The molecule has 4 atom stereocenters. The largest absolute Gasteiger partial charge is 0.491 e. The van der Waals surface area contributed by atoms with Gasteiger partial charge >= 0.3 is 0 Å². The molecular weight excluding hydrogens is 410 g/mol. The van der Waals surface area contributed by atoms with E-state index in [1.54, 1.807) is 6.20 Å². The van der Waals surface area contributed by atoms with Crippen molar-refractivity contribution in [3.63, 3.8) is 0 Å². The number of nitrogens with two attached hydrogens (primary N) is 1. The van der Waals surface area contributed by atoms with E-state index < -0.39 is 12.0 Å². The Morgan fingerprint density at radius 1 is 1.09 bits per heavy atom. The summed E-state index contributed by atoms with van der Waals surface area (Å²) in [7, 11) is 0. The van der Waals surface area contributed by atoms with Crippen LogP contribution in [0.4, 0.5) is 5.82 Å². The van der Waals surface area contributed by atoms with Gasteiger partial charge in [0.2, 0.25) is 0 Å². The summed E-state index contributed by atoms with van der Waals surface area (Å²) < 4.78 is 26.9. The second kappa shape index (κ2) is 7.13. The Hall–Kier alpha value is -3.27. The highest BCUT2D eigenvalue weighted by atomic mass is 16.8. The summed E-state index contributed by atoms with van der Waals surface area (Å²) in [5, 5.41) is 2.90. The third kappa shape index (κ3) is 3.17. The summed E-state index contributed by atoms with van der Waals surface area (Å²) in [5.74, 6) is 0.471. The quantitative estimate of drug-likeness (QED) is 0.523. The first kappa shape index (κ1) is 19.4. The number of hydrogen-bond donors (Lipinski definition) is 1. The fourth-order valence-corrected chi connectivity index (χ4v) is 4.54. The SMILES string of the molecule is CC1(C)O[C@@H]2[C@H](O1)[C@@H](COc1ccc3cnccc3c1)O[C@H]2n1ccc2c(N)ncnc21. The van der Waals surface area contributed by atoms with Gasteiger partial charge in [-0.25, -0.2) is 9.97 Å². The van der Waals surface area contributed by atoms with Crippen molar-refractivity contribution in [3.8, 4) is 5.75 Å². The number of pyridine rings is 1. The molecule has 2 fully saturated rings. The number of benzene rings is 1. The van der Waals surface area contributed by atoms with Gasteiger partial charge in [0, 0.05) is 24.0 Å². The van der Waals surface area contributed by atoms with E-state index in [0.717, 1.165) is 21.9 Å². The minimum absolute atomic E-state index is 0.281. The Morgan fingerprint density at radius 3 is 2.88 bits per heavy atom. The number of ether oxygens (including phenoxy) is 4. The molecule has 9 nitrogen and oxygen atoms in total. The number of nitrogens with zero attached hydrogens (tertiary/aromatic N) is 4. The lowest BCUT2D eigenvalue weighted by Crippen LogP contribution is -2.33. The molecule has 2 aliphatic rings. The molecule has 0 spiro atoms. The van der Waals surface area contributed by atoms with Crippen molar-refractivity contribution in [1.82, 2.24) is 19.5 Å². The Morgan fingerprint density at radius 2 is 1.97 bits per heavy atom. The second-order valence-electron chi connectivity index (χ2n) is 8.54. The maximum atomic E-state index is 6.40. The van der Waals surface area contributed by atoms with E-state index in [1.807, 2.05) is 61.1 Å². The van der Waals surface area contributed by atoms with Crippen molar-refractivity contribution in [2.45, 2.75) is 44.2 Å². The topological polar surface area (TPSA) is 107 Å². The van der Waals surface area contributed by atoms with E-state index in [0.29, 0.717) is 18.1 Å². The molecule has 2 saturated heterocycles. The molecule has 3 aromatic heterocycles. The minimum Gasteiger partial charge on any atom is -0.491 e. The molecule has 6 rings (SSSR count). The Balaban J connectivity index is 1.28. The van der Waals surface area contributed by atoms with Crippen LogP contribution in [0.1, 0.15) is 20.1 Å². The molecule has 2 N–H and O–H groups in total. The fourth-order valence-electron chi connectivity index (χ4n) is 4.54. The standard InChI is InChI=1S/C23H23N5O4/c1-23(2)31-18-17(11-29-15-4-3-14-10-25-7-5-13(14)9-15)30-22(19(18)32-23)28-8-6-16-20(24)26-12-27-21(16)28/h3-10,12,17-19,22H,11H2,1-2H3,(H2,24,26,27)/t17-,18-,19-,22-/m1/s1. The average molecular weight is 433 g/mol. The van der Waals surface area contributed by atoms with Crippen molar-refractivity contribution in [1.29, 1.82) is 0 Å². The summed E-state index contributed by atoms with van der Waals surface area (Å²) in [6.45, 7) is 4.14. The smallest absolute Gasteiger partial charge is 0.164 e. The Labute approximate surface area is 184 Å². The van der Waals surface area contributed by atoms with Gasteiger partial charge < -0.3 is 29.2 Å². The number of anilines is 1. The minimum atomic E-state index is -0.720. The van der Waals surface area contributed by atoms with Crippen molar-refractivity contribution >= 4 is 27.6 Å². The van der Waals surface area contributed by atoms with Crippen LogP contribution < -0.4 is 10.5 Å². The van der Waals surface area contributed by atoms with Crippen molar-refractivity contribution in [3.05, 3.63) is 55.2 Å². The van der Waals surface area contributed by atoms with Crippen LogP contribution in [-0.4, -0.2) is 50.2 Å². The van der Waals surface area contributed by atoms with E-state index in [-0.39, 0.29) is 18.3 Å². The number of hydrogen-bond acceptors (Lipinski definition) is 8.